The van der Waals surface area contributed by atoms with E-state index in [1.165, 1.54) is 5.57 Å². The number of hydrogen-bond acceptors (Lipinski definition) is 3. The van der Waals surface area contributed by atoms with E-state index in [4.69, 9.17) is 0 Å². The summed E-state index contributed by atoms with van der Waals surface area (Å²) in [6, 6.07) is 0. The Morgan fingerprint density at radius 2 is 2.06 bits per heavy atom. The predicted octanol–water partition coefficient (Wildman–Crippen LogP) is 1.62. The maximum Gasteiger partial charge on any atom is 0.0645 e. The van der Waals surface area contributed by atoms with Crippen LogP contribution in [0.15, 0.2) is 11.1 Å². The van der Waals surface area contributed by atoms with E-state index in [2.05, 4.69) is 13.8 Å². The Labute approximate surface area is 97.8 Å². The molecule has 0 amide bonds. The molecule has 0 aliphatic heterocycles. The number of aliphatic hydroxyl groups is 3. The fraction of sp³-hybridized carbons (Fsp3) is 0.846. The summed E-state index contributed by atoms with van der Waals surface area (Å²) in [6.45, 7) is 6.00. The smallest absolute Gasteiger partial charge is 0.0645 e. The summed E-state index contributed by atoms with van der Waals surface area (Å²) in [5, 5.41) is 28.4. The molecule has 0 fully saturated rings. The highest BCUT2D eigenvalue weighted by Crippen LogP contribution is 2.42. The second-order valence-corrected chi connectivity index (χ2v) is 5.57. The number of rotatable bonds is 4. The van der Waals surface area contributed by atoms with Crippen LogP contribution in [0.25, 0.3) is 0 Å². The molecule has 2 unspecified atom stereocenters. The van der Waals surface area contributed by atoms with Crippen LogP contribution in [0.2, 0.25) is 0 Å². The lowest BCUT2D eigenvalue weighted by Crippen LogP contribution is -2.31. The Hall–Kier alpha value is -0.380. The van der Waals surface area contributed by atoms with Crippen LogP contribution in [0.3, 0.4) is 0 Å². The molecule has 1 aliphatic rings. The molecule has 0 bridgehead atoms. The van der Waals surface area contributed by atoms with Crippen molar-refractivity contribution >= 4 is 0 Å². The summed E-state index contributed by atoms with van der Waals surface area (Å²) in [5.41, 5.74) is 2.12. The lowest BCUT2D eigenvalue weighted by Gasteiger charge is -2.38. The van der Waals surface area contributed by atoms with Crippen molar-refractivity contribution in [2.75, 3.05) is 6.61 Å². The Kier molecular flexibility index (Phi) is 4.53. The standard InChI is InChI=1S/C13H24O3/c1-9(15)4-5-12-10(8-14)6-11(16)7-13(12,2)3/h9,11,14-16H,4-8H2,1-3H3. The van der Waals surface area contributed by atoms with E-state index in [0.717, 1.165) is 24.8 Å². The van der Waals surface area contributed by atoms with Crippen LogP contribution >= 0.6 is 0 Å². The number of allylic oxidation sites excluding steroid dienone is 1. The van der Waals surface area contributed by atoms with Crippen molar-refractivity contribution in [3.63, 3.8) is 0 Å². The van der Waals surface area contributed by atoms with E-state index in [-0.39, 0.29) is 24.2 Å². The largest absolute Gasteiger partial charge is 0.393 e. The van der Waals surface area contributed by atoms with Gasteiger partial charge in [-0.05, 0) is 43.6 Å². The number of hydrogen-bond donors (Lipinski definition) is 3. The average molecular weight is 228 g/mol. The first kappa shape index (κ1) is 13.7. The van der Waals surface area contributed by atoms with Gasteiger partial charge in [-0.1, -0.05) is 19.4 Å². The molecule has 0 aromatic rings. The van der Waals surface area contributed by atoms with Crippen molar-refractivity contribution in [3.05, 3.63) is 11.1 Å². The topological polar surface area (TPSA) is 60.7 Å². The zero-order chi connectivity index (χ0) is 12.3. The monoisotopic (exact) mass is 228 g/mol. The van der Waals surface area contributed by atoms with Gasteiger partial charge >= 0.3 is 0 Å². The Morgan fingerprint density at radius 1 is 1.44 bits per heavy atom. The van der Waals surface area contributed by atoms with Crippen molar-refractivity contribution in [2.24, 2.45) is 5.41 Å². The SMILES string of the molecule is CC(O)CCC1=C(CO)CC(O)CC1(C)C. The van der Waals surface area contributed by atoms with Crippen LogP contribution in [0, 0.1) is 5.41 Å². The van der Waals surface area contributed by atoms with Crippen LogP contribution in [0.4, 0.5) is 0 Å². The van der Waals surface area contributed by atoms with E-state index in [9.17, 15) is 15.3 Å². The average Bonchev–Trinajstić information content (AvgIpc) is 2.13. The molecule has 94 valence electrons. The highest BCUT2D eigenvalue weighted by molar-refractivity contribution is 5.25. The van der Waals surface area contributed by atoms with E-state index in [0.29, 0.717) is 6.42 Å². The lowest BCUT2D eigenvalue weighted by molar-refractivity contribution is 0.104. The van der Waals surface area contributed by atoms with E-state index < -0.39 is 0 Å². The molecule has 3 nitrogen and oxygen atoms in total. The van der Waals surface area contributed by atoms with Crippen LogP contribution in [0.5, 0.6) is 0 Å². The quantitative estimate of drug-likeness (QED) is 0.641. The minimum Gasteiger partial charge on any atom is -0.393 e. The summed E-state index contributed by atoms with van der Waals surface area (Å²) in [4.78, 5) is 0. The van der Waals surface area contributed by atoms with Crippen LogP contribution in [0.1, 0.15) is 46.5 Å². The third-order valence-electron chi connectivity index (χ3n) is 3.47. The molecule has 0 spiro atoms. The first-order valence-electron chi connectivity index (χ1n) is 6.05. The Bertz CT molecular complexity index is 266. The maximum absolute atomic E-state index is 9.75. The number of aliphatic hydroxyl groups excluding tert-OH is 3. The van der Waals surface area contributed by atoms with Crippen molar-refractivity contribution in [1.82, 2.24) is 0 Å². The molecule has 0 aromatic carbocycles. The summed E-state index contributed by atoms with van der Waals surface area (Å²) in [6.07, 6.45) is 2.20. The van der Waals surface area contributed by atoms with Crippen LogP contribution < -0.4 is 0 Å². The minimum atomic E-state index is -0.340. The zero-order valence-corrected chi connectivity index (χ0v) is 10.5. The van der Waals surface area contributed by atoms with Crippen molar-refractivity contribution in [3.8, 4) is 0 Å². The maximum atomic E-state index is 9.75. The van der Waals surface area contributed by atoms with E-state index in [1.54, 1.807) is 6.92 Å². The second kappa shape index (κ2) is 5.30. The third kappa shape index (κ3) is 3.30. The zero-order valence-electron chi connectivity index (χ0n) is 10.5. The van der Waals surface area contributed by atoms with Crippen molar-refractivity contribution < 1.29 is 15.3 Å². The fourth-order valence-corrected chi connectivity index (χ4v) is 2.70. The van der Waals surface area contributed by atoms with Gasteiger partial charge in [0.15, 0.2) is 0 Å². The third-order valence-corrected chi connectivity index (χ3v) is 3.47. The van der Waals surface area contributed by atoms with Gasteiger partial charge in [0, 0.05) is 0 Å². The Balaban J connectivity index is 2.86. The van der Waals surface area contributed by atoms with Gasteiger partial charge in [0.2, 0.25) is 0 Å². The molecule has 0 radical (unpaired) electrons. The highest BCUT2D eigenvalue weighted by Gasteiger charge is 2.33. The van der Waals surface area contributed by atoms with Crippen molar-refractivity contribution in [1.29, 1.82) is 0 Å². The van der Waals surface area contributed by atoms with Crippen LogP contribution in [-0.4, -0.2) is 34.1 Å². The van der Waals surface area contributed by atoms with Gasteiger partial charge in [-0.25, -0.2) is 0 Å². The molecule has 2 atom stereocenters. The first-order chi connectivity index (χ1) is 7.36. The molecular formula is C13H24O3. The summed E-state index contributed by atoms with van der Waals surface area (Å²) in [7, 11) is 0. The molecule has 0 saturated heterocycles. The highest BCUT2D eigenvalue weighted by atomic mass is 16.3. The molecule has 0 heterocycles. The molecule has 0 aromatic heterocycles. The summed E-state index contributed by atoms with van der Waals surface area (Å²) >= 11 is 0. The van der Waals surface area contributed by atoms with E-state index in [1.807, 2.05) is 0 Å². The van der Waals surface area contributed by atoms with Crippen molar-refractivity contribution in [2.45, 2.75) is 58.7 Å². The molecule has 16 heavy (non-hydrogen) atoms. The fourth-order valence-electron chi connectivity index (χ4n) is 2.70. The van der Waals surface area contributed by atoms with Gasteiger partial charge in [-0.3, -0.25) is 0 Å². The predicted molar refractivity (Wildman–Crippen MR) is 64.0 cm³/mol. The van der Waals surface area contributed by atoms with Gasteiger partial charge in [0.25, 0.3) is 0 Å². The summed E-state index contributed by atoms with van der Waals surface area (Å²) in [5.74, 6) is 0. The van der Waals surface area contributed by atoms with Gasteiger partial charge in [0.1, 0.15) is 0 Å². The molecule has 0 saturated carbocycles. The molecule has 1 rings (SSSR count). The molecule has 1 aliphatic carbocycles. The van der Waals surface area contributed by atoms with Gasteiger partial charge in [-0.15, -0.1) is 0 Å². The first-order valence-corrected chi connectivity index (χ1v) is 6.05. The molecular weight excluding hydrogens is 204 g/mol. The Morgan fingerprint density at radius 3 is 2.56 bits per heavy atom. The van der Waals surface area contributed by atoms with Gasteiger partial charge in [-0.2, -0.15) is 0 Å². The van der Waals surface area contributed by atoms with Gasteiger partial charge in [0.05, 0.1) is 18.8 Å². The molecule has 3 N–H and O–H groups in total. The summed E-state index contributed by atoms with van der Waals surface area (Å²) < 4.78 is 0. The minimum absolute atomic E-state index is 0.0234. The second-order valence-electron chi connectivity index (χ2n) is 5.57. The van der Waals surface area contributed by atoms with Crippen LogP contribution in [-0.2, 0) is 0 Å². The normalized spacial score (nSPS) is 27.0. The lowest BCUT2D eigenvalue weighted by atomic mass is 9.70. The molecule has 3 heteroatoms. The van der Waals surface area contributed by atoms with Gasteiger partial charge < -0.3 is 15.3 Å². The van der Waals surface area contributed by atoms with E-state index >= 15 is 0 Å².